The van der Waals surface area contributed by atoms with Gasteiger partial charge in [-0.15, -0.1) is 0 Å². The smallest absolute Gasteiger partial charge is 0.419 e. The first-order valence-corrected chi connectivity index (χ1v) is 9.39. The van der Waals surface area contributed by atoms with Gasteiger partial charge in [0.2, 0.25) is 0 Å². The van der Waals surface area contributed by atoms with Crippen molar-refractivity contribution in [3.05, 3.63) is 46.7 Å². The predicted molar refractivity (Wildman–Crippen MR) is 105 cm³/mol. The van der Waals surface area contributed by atoms with Crippen LogP contribution in [0, 0.1) is 6.92 Å². The zero-order valence-corrected chi connectivity index (χ0v) is 16.6. The van der Waals surface area contributed by atoms with Crippen molar-refractivity contribution in [2.45, 2.75) is 58.6 Å². The lowest BCUT2D eigenvalue weighted by molar-refractivity contribution is 0.0544. The molecule has 0 unspecified atom stereocenters. The molecular formula is C22H28N2O2. The Hall–Kier alpha value is -2.07. The first-order valence-electron chi connectivity index (χ1n) is 9.39. The van der Waals surface area contributed by atoms with E-state index < -0.39 is 5.60 Å². The molecule has 4 nitrogen and oxygen atoms in total. The van der Waals surface area contributed by atoms with Crippen molar-refractivity contribution < 1.29 is 9.53 Å². The lowest BCUT2D eigenvalue weighted by atomic mass is 9.76. The molecule has 2 aromatic rings. The molecule has 0 saturated heterocycles. The summed E-state index contributed by atoms with van der Waals surface area (Å²) < 4.78 is 7.36. The average molecular weight is 352 g/mol. The average Bonchev–Trinajstić information content (AvgIpc) is 2.86. The summed E-state index contributed by atoms with van der Waals surface area (Å²) >= 11 is 0. The molecule has 0 fully saturated rings. The zero-order chi connectivity index (χ0) is 18.8. The number of carbonyl (C=O) groups is 1. The minimum atomic E-state index is -0.505. The molecule has 138 valence electrons. The van der Waals surface area contributed by atoms with E-state index in [0.29, 0.717) is 12.0 Å². The van der Waals surface area contributed by atoms with Crippen LogP contribution >= 0.6 is 0 Å². The topological polar surface area (TPSA) is 34.5 Å². The molecule has 0 spiro atoms. The number of hydrogen-bond donors (Lipinski definition) is 0. The van der Waals surface area contributed by atoms with Crippen LogP contribution in [0.15, 0.2) is 30.0 Å². The van der Waals surface area contributed by atoms with Gasteiger partial charge in [-0.05, 0) is 70.8 Å². The quantitative estimate of drug-likeness (QED) is 0.648. The highest BCUT2D eigenvalue weighted by Gasteiger charge is 2.36. The number of hydrogen-bond acceptors (Lipinski definition) is 3. The second-order valence-corrected chi connectivity index (χ2v) is 8.98. The Labute approximate surface area is 155 Å². The van der Waals surface area contributed by atoms with Gasteiger partial charge >= 0.3 is 6.09 Å². The monoisotopic (exact) mass is 352 g/mol. The lowest BCUT2D eigenvalue weighted by Crippen LogP contribution is -2.43. The van der Waals surface area contributed by atoms with Crippen LogP contribution < -0.4 is 0 Å². The number of fused-ring (bicyclic) bond motifs is 2. The molecule has 1 aliphatic carbocycles. The van der Waals surface area contributed by atoms with Crippen molar-refractivity contribution in [2.24, 2.45) is 0 Å². The van der Waals surface area contributed by atoms with Gasteiger partial charge in [-0.1, -0.05) is 17.7 Å². The van der Waals surface area contributed by atoms with E-state index in [9.17, 15) is 4.79 Å². The van der Waals surface area contributed by atoms with E-state index in [2.05, 4.69) is 44.0 Å². The first-order chi connectivity index (χ1) is 12.1. The Morgan fingerprint density at radius 1 is 1.23 bits per heavy atom. The van der Waals surface area contributed by atoms with Crippen LogP contribution in [-0.4, -0.2) is 40.8 Å². The molecule has 4 rings (SSSR count). The number of aryl methyl sites for hydroxylation is 1. The predicted octanol–water partition coefficient (Wildman–Crippen LogP) is 4.63. The van der Waals surface area contributed by atoms with Gasteiger partial charge in [0.05, 0.1) is 5.52 Å². The number of rotatable bonds is 0. The molecule has 1 aromatic carbocycles. The number of benzene rings is 1. The first kappa shape index (κ1) is 17.3. The van der Waals surface area contributed by atoms with E-state index in [1.54, 1.807) is 4.57 Å². The Morgan fingerprint density at radius 2 is 1.96 bits per heavy atom. The summed E-state index contributed by atoms with van der Waals surface area (Å²) in [6.45, 7) is 11.0. The van der Waals surface area contributed by atoms with Crippen molar-refractivity contribution in [3.8, 4) is 0 Å². The van der Waals surface area contributed by atoms with Gasteiger partial charge in [0.25, 0.3) is 0 Å². The lowest BCUT2D eigenvalue weighted by Gasteiger charge is -2.41. The molecule has 0 N–H and O–H groups in total. The van der Waals surface area contributed by atoms with Crippen LogP contribution in [0.1, 0.15) is 50.3 Å². The zero-order valence-electron chi connectivity index (χ0n) is 16.6. The number of carbonyl (C=O) groups excluding carboxylic acids is 1. The fourth-order valence-electron chi connectivity index (χ4n) is 4.56. The highest BCUT2D eigenvalue weighted by Crippen LogP contribution is 2.43. The van der Waals surface area contributed by atoms with Crippen LogP contribution in [-0.2, 0) is 11.2 Å². The third-order valence-electron chi connectivity index (χ3n) is 5.48. The fraction of sp³-hybridized carbons (Fsp3) is 0.500. The van der Waals surface area contributed by atoms with Crippen molar-refractivity contribution in [1.82, 2.24) is 9.47 Å². The molecule has 0 radical (unpaired) electrons. The van der Waals surface area contributed by atoms with Gasteiger partial charge in [0.15, 0.2) is 0 Å². The number of likely N-dealkylation sites (N-methyl/N-ethyl adjacent to an activating group) is 1. The molecule has 0 saturated carbocycles. The van der Waals surface area contributed by atoms with Crippen LogP contribution in [0.5, 0.6) is 0 Å². The maximum atomic E-state index is 12.8. The highest BCUT2D eigenvalue weighted by molar-refractivity contribution is 5.96. The number of aromatic nitrogens is 1. The molecular weight excluding hydrogens is 324 g/mol. The van der Waals surface area contributed by atoms with Gasteiger partial charge in [0, 0.05) is 30.1 Å². The molecule has 26 heavy (non-hydrogen) atoms. The van der Waals surface area contributed by atoms with E-state index in [-0.39, 0.29) is 6.09 Å². The van der Waals surface area contributed by atoms with Crippen molar-refractivity contribution in [2.75, 3.05) is 13.6 Å². The highest BCUT2D eigenvalue weighted by atomic mass is 16.6. The SMILES string of the molecule is CC1=C[C@H]2c3cc(C)cc4c3c(cn4C(=O)OC(C)(C)C)C[C@H]2N(C)C1. The van der Waals surface area contributed by atoms with Crippen molar-refractivity contribution in [3.63, 3.8) is 0 Å². The minimum absolute atomic E-state index is 0.296. The second-order valence-electron chi connectivity index (χ2n) is 8.98. The van der Waals surface area contributed by atoms with Crippen LogP contribution in [0.4, 0.5) is 4.79 Å². The van der Waals surface area contributed by atoms with E-state index in [0.717, 1.165) is 18.5 Å². The van der Waals surface area contributed by atoms with Crippen LogP contribution in [0.2, 0.25) is 0 Å². The van der Waals surface area contributed by atoms with Gasteiger partial charge in [-0.2, -0.15) is 0 Å². The van der Waals surface area contributed by atoms with Gasteiger partial charge in [0.1, 0.15) is 5.60 Å². The summed E-state index contributed by atoms with van der Waals surface area (Å²) in [5.41, 5.74) is 5.66. The standard InChI is InChI=1S/C22H28N2O2/c1-13-7-17-16-8-14(2)11-23(6)18(16)10-15-12-24(19(9-13)20(15)17)21(25)26-22(3,4)5/h7-9,12,16,18H,10-11H2,1-6H3/t16-,18+/m0/s1. The summed E-state index contributed by atoms with van der Waals surface area (Å²) in [6.07, 6.45) is 5.09. The Balaban J connectivity index is 1.90. The van der Waals surface area contributed by atoms with E-state index in [4.69, 9.17) is 4.74 Å². The normalized spacial score (nSPS) is 22.9. The van der Waals surface area contributed by atoms with Crippen LogP contribution in [0.3, 0.4) is 0 Å². The molecule has 0 amide bonds. The summed E-state index contributed by atoms with van der Waals surface area (Å²) in [4.78, 5) is 15.2. The molecule has 1 aromatic heterocycles. The van der Waals surface area contributed by atoms with Crippen molar-refractivity contribution in [1.29, 1.82) is 0 Å². The summed E-state index contributed by atoms with van der Waals surface area (Å²) in [7, 11) is 2.21. The molecule has 2 aliphatic rings. The van der Waals surface area contributed by atoms with Gasteiger partial charge < -0.3 is 4.74 Å². The van der Waals surface area contributed by atoms with E-state index in [1.807, 2.05) is 27.0 Å². The maximum Gasteiger partial charge on any atom is 0.419 e. The fourth-order valence-corrected chi connectivity index (χ4v) is 4.56. The van der Waals surface area contributed by atoms with Gasteiger partial charge in [-0.25, -0.2) is 4.79 Å². The third kappa shape index (κ3) is 2.77. The van der Waals surface area contributed by atoms with E-state index in [1.165, 1.54) is 27.6 Å². The number of ether oxygens (including phenoxy) is 1. The summed E-state index contributed by atoms with van der Waals surface area (Å²) in [5.74, 6) is 0.387. The summed E-state index contributed by atoms with van der Waals surface area (Å²) in [6, 6.07) is 4.85. The summed E-state index contributed by atoms with van der Waals surface area (Å²) in [5, 5.41) is 1.24. The Kier molecular flexibility index (Phi) is 3.81. The van der Waals surface area contributed by atoms with Gasteiger partial charge in [-0.3, -0.25) is 9.47 Å². The molecule has 4 heteroatoms. The third-order valence-corrected chi connectivity index (χ3v) is 5.48. The Bertz CT molecular complexity index is 930. The molecule has 1 aliphatic heterocycles. The molecule has 2 heterocycles. The molecule has 2 atom stereocenters. The van der Waals surface area contributed by atoms with Crippen molar-refractivity contribution >= 4 is 17.0 Å². The maximum absolute atomic E-state index is 12.8. The van der Waals surface area contributed by atoms with E-state index >= 15 is 0 Å². The minimum Gasteiger partial charge on any atom is -0.443 e. The van der Waals surface area contributed by atoms with Crippen LogP contribution in [0.25, 0.3) is 10.9 Å². The second kappa shape index (κ2) is 5.71. The largest absolute Gasteiger partial charge is 0.443 e. The Morgan fingerprint density at radius 3 is 2.65 bits per heavy atom. The number of nitrogens with zero attached hydrogens (tertiary/aromatic N) is 2. The molecule has 0 bridgehead atoms.